The molecule has 0 aromatic heterocycles. The van der Waals surface area contributed by atoms with Crippen molar-refractivity contribution in [3.63, 3.8) is 0 Å². The first-order valence-corrected chi connectivity index (χ1v) is 2.91. The summed E-state index contributed by atoms with van der Waals surface area (Å²) in [6.07, 6.45) is 9.59. The summed E-state index contributed by atoms with van der Waals surface area (Å²) in [6, 6.07) is 0.218. The molecule has 2 nitrogen and oxygen atoms in total. The Hall–Kier alpha value is -0.207. The summed E-state index contributed by atoms with van der Waals surface area (Å²) in [4.78, 5) is 8.14. The van der Waals surface area contributed by atoms with Gasteiger partial charge in [0.25, 0.3) is 0 Å². The van der Waals surface area contributed by atoms with Crippen LogP contribution in [0.3, 0.4) is 0 Å². The van der Waals surface area contributed by atoms with Gasteiger partial charge in [-0.05, 0) is 6.08 Å². The van der Waals surface area contributed by atoms with E-state index in [4.69, 9.17) is 0 Å². The van der Waals surface area contributed by atoms with E-state index in [1.54, 1.807) is 6.34 Å². The molecular weight excluding hydrogens is 210 g/mol. The molecule has 1 heterocycles. The summed E-state index contributed by atoms with van der Waals surface area (Å²) < 4.78 is 0. The van der Waals surface area contributed by atoms with Gasteiger partial charge in [-0.25, -0.2) is 4.99 Å². The monoisotopic (exact) mass is 215 g/mol. The molecule has 0 saturated carbocycles. The van der Waals surface area contributed by atoms with Crippen LogP contribution >= 0.6 is 0 Å². The molecule has 2 rings (SSSR count). The standard InChI is InChI=1S/C7H6N2.H2S.Zn/c1-2-4-7-6(3-1)8-5-9-7;;/h1-6H;1H2;/p-1. The summed E-state index contributed by atoms with van der Waals surface area (Å²) in [5.41, 5.74) is 1.05. The molecule has 0 aromatic rings. The van der Waals surface area contributed by atoms with E-state index in [2.05, 4.69) is 9.98 Å². The van der Waals surface area contributed by atoms with Crippen LogP contribution in [0.25, 0.3) is 0 Å². The van der Waals surface area contributed by atoms with Gasteiger partial charge in [0.1, 0.15) is 12.4 Å². The zero-order valence-corrected chi connectivity index (χ0v) is 9.87. The average Bonchev–Trinajstić information content (AvgIpc) is 2.33. The van der Waals surface area contributed by atoms with Crippen LogP contribution in [0.15, 0.2) is 34.3 Å². The van der Waals surface area contributed by atoms with E-state index < -0.39 is 0 Å². The van der Waals surface area contributed by atoms with Gasteiger partial charge in [-0.2, -0.15) is 0 Å². The summed E-state index contributed by atoms with van der Waals surface area (Å²) in [5, 5.41) is 0. The Labute approximate surface area is 85.4 Å². The maximum absolute atomic E-state index is 4.09. The SMILES string of the molecule is C1=CC2=NC=NC2C=C1.[SH-].[Zn]. The molecule has 54 valence electrons. The van der Waals surface area contributed by atoms with E-state index >= 15 is 0 Å². The Bertz CT molecular complexity index is 243. The maximum atomic E-state index is 4.09. The van der Waals surface area contributed by atoms with Crippen LogP contribution in [0, 0.1) is 0 Å². The van der Waals surface area contributed by atoms with E-state index in [0.29, 0.717) is 0 Å². The van der Waals surface area contributed by atoms with Crippen LogP contribution in [0.4, 0.5) is 0 Å². The molecule has 0 saturated heterocycles. The number of hydrogen-bond acceptors (Lipinski definition) is 3. The molecule has 1 atom stereocenters. The number of aliphatic imine (C=N–C) groups is 2. The van der Waals surface area contributed by atoms with E-state index in [-0.39, 0.29) is 39.0 Å². The second-order valence-electron chi connectivity index (χ2n) is 2.01. The largest absolute Gasteiger partial charge is 0.813 e. The normalized spacial score (nSPS) is 23.3. The second-order valence-corrected chi connectivity index (χ2v) is 2.01. The fourth-order valence-corrected chi connectivity index (χ4v) is 0.938. The van der Waals surface area contributed by atoms with Crippen LogP contribution < -0.4 is 0 Å². The Morgan fingerprint density at radius 2 is 2.09 bits per heavy atom. The number of thiol groups is 1. The average molecular weight is 217 g/mol. The molecule has 1 aliphatic carbocycles. The fraction of sp³-hybridized carbons (Fsp3) is 0.143. The van der Waals surface area contributed by atoms with Crippen molar-refractivity contribution in [1.82, 2.24) is 0 Å². The molecule has 1 unspecified atom stereocenters. The minimum atomic E-state index is 0. The zero-order chi connectivity index (χ0) is 6.10. The topological polar surface area (TPSA) is 24.7 Å². The zero-order valence-electron chi connectivity index (χ0n) is 6.01. The van der Waals surface area contributed by atoms with Crippen molar-refractivity contribution in [2.24, 2.45) is 9.98 Å². The summed E-state index contributed by atoms with van der Waals surface area (Å²) in [7, 11) is 0. The van der Waals surface area contributed by atoms with Crippen molar-refractivity contribution in [2.45, 2.75) is 6.04 Å². The van der Waals surface area contributed by atoms with Crippen molar-refractivity contribution in [2.75, 3.05) is 0 Å². The molecule has 0 N–H and O–H groups in total. The third-order valence-corrected chi connectivity index (χ3v) is 1.41. The molecule has 0 aromatic carbocycles. The van der Waals surface area contributed by atoms with Gasteiger partial charge in [-0.1, -0.05) is 18.2 Å². The first-order chi connectivity index (χ1) is 4.47. The Morgan fingerprint density at radius 3 is 2.82 bits per heavy atom. The van der Waals surface area contributed by atoms with Gasteiger partial charge in [0.05, 0.1) is 5.71 Å². The number of hydrogen-bond donors (Lipinski definition) is 0. The van der Waals surface area contributed by atoms with Gasteiger partial charge in [0.15, 0.2) is 0 Å². The molecule has 2 aliphatic rings. The summed E-state index contributed by atoms with van der Waals surface area (Å²) in [6.45, 7) is 0. The first-order valence-electron chi connectivity index (χ1n) is 2.91. The van der Waals surface area contributed by atoms with Gasteiger partial charge >= 0.3 is 0 Å². The van der Waals surface area contributed by atoms with Crippen LogP contribution in [0.1, 0.15) is 0 Å². The van der Waals surface area contributed by atoms with E-state index in [1.165, 1.54) is 0 Å². The van der Waals surface area contributed by atoms with Gasteiger partial charge in [-0.3, -0.25) is 4.99 Å². The molecular formula is C7H7N2SZn-. The van der Waals surface area contributed by atoms with E-state index in [0.717, 1.165) is 5.71 Å². The Morgan fingerprint density at radius 1 is 1.27 bits per heavy atom. The van der Waals surface area contributed by atoms with Gasteiger partial charge < -0.3 is 13.5 Å². The van der Waals surface area contributed by atoms with Crippen LogP contribution in [-0.2, 0) is 33.0 Å². The molecule has 11 heavy (non-hydrogen) atoms. The molecule has 1 aliphatic heterocycles. The fourth-order valence-electron chi connectivity index (χ4n) is 0.938. The summed E-state index contributed by atoms with van der Waals surface area (Å²) >= 11 is 0. The van der Waals surface area contributed by atoms with Gasteiger partial charge in [0, 0.05) is 19.5 Å². The second kappa shape index (κ2) is 4.63. The van der Waals surface area contributed by atoms with E-state index in [9.17, 15) is 0 Å². The third-order valence-electron chi connectivity index (χ3n) is 1.41. The predicted molar refractivity (Wildman–Crippen MR) is 46.8 cm³/mol. The smallest absolute Gasteiger partial charge is 0.112 e. The van der Waals surface area contributed by atoms with Crippen molar-refractivity contribution in [3.05, 3.63) is 24.3 Å². The first kappa shape index (κ1) is 10.8. The van der Waals surface area contributed by atoms with Crippen molar-refractivity contribution >= 4 is 25.5 Å². The molecule has 4 heteroatoms. The number of nitrogens with zero attached hydrogens (tertiary/aromatic N) is 2. The Kier molecular flexibility index (Phi) is 4.54. The predicted octanol–water partition coefficient (Wildman–Crippen LogP) is 0.691. The van der Waals surface area contributed by atoms with E-state index in [1.807, 2.05) is 24.3 Å². The number of fused-ring (bicyclic) bond motifs is 1. The third kappa shape index (κ3) is 2.11. The molecule has 0 bridgehead atoms. The number of allylic oxidation sites excluding steroid dienone is 2. The minimum absolute atomic E-state index is 0. The van der Waals surface area contributed by atoms with Crippen molar-refractivity contribution in [1.29, 1.82) is 0 Å². The summed E-state index contributed by atoms with van der Waals surface area (Å²) in [5.74, 6) is 0. The van der Waals surface area contributed by atoms with Gasteiger partial charge in [0.2, 0.25) is 0 Å². The Balaban J connectivity index is 0.000000500. The van der Waals surface area contributed by atoms with Crippen LogP contribution in [-0.4, -0.2) is 18.1 Å². The van der Waals surface area contributed by atoms with Gasteiger partial charge in [-0.15, -0.1) is 0 Å². The van der Waals surface area contributed by atoms with Crippen molar-refractivity contribution < 1.29 is 19.5 Å². The van der Waals surface area contributed by atoms with Crippen LogP contribution in [0.2, 0.25) is 0 Å². The van der Waals surface area contributed by atoms with Crippen molar-refractivity contribution in [3.8, 4) is 0 Å². The molecule has 0 radical (unpaired) electrons. The molecule has 0 spiro atoms. The number of rotatable bonds is 0. The minimum Gasteiger partial charge on any atom is -0.813 e. The quantitative estimate of drug-likeness (QED) is 0.332. The maximum Gasteiger partial charge on any atom is 0.112 e. The van der Waals surface area contributed by atoms with Crippen LogP contribution in [0.5, 0.6) is 0 Å². The molecule has 0 amide bonds. The molecule has 0 fully saturated rings.